The molecule has 2 aromatic carbocycles. The van der Waals surface area contributed by atoms with Gasteiger partial charge in [0.05, 0.1) is 46.2 Å². The summed E-state index contributed by atoms with van der Waals surface area (Å²) in [6.07, 6.45) is 11.3. The number of hydrogen-bond acceptors (Lipinski definition) is 13. The van der Waals surface area contributed by atoms with E-state index >= 15 is 0 Å². The maximum absolute atomic E-state index is 13.7. The van der Waals surface area contributed by atoms with Crippen molar-refractivity contribution < 1.29 is 42.8 Å². The zero-order valence-electron chi connectivity index (χ0n) is 38.9. The predicted molar refractivity (Wildman–Crippen MR) is 248 cm³/mol. The van der Waals surface area contributed by atoms with E-state index in [4.69, 9.17) is 23.7 Å². The molecule has 0 saturated carbocycles. The molecule has 16 nitrogen and oxygen atoms in total. The molecule has 2 amide bonds. The van der Waals surface area contributed by atoms with Gasteiger partial charge in [0.2, 0.25) is 0 Å². The van der Waals surface area contributed by atoms with Gasteiger partial charge in [0.1, 0.15) is 16.9 Å². The Morgan fingerprint density at radius 1 is 0.785 bits per heavy atom. The number of amides is 2. The SMILES string of the molecule is COC(=O)CCCCCOCCOCCOCCCCCCOc1cccc([C@@H](C)NC(=O)c2cccc(NC3(c4nnc(-c5ccncc5)[nH]4)CCN(C(=O)OC(C)(C)C)CC3)c2)c1. The van der Waals surface area contributed by atoms with Crippen LogP contribution in [0.15, 0.2) is 73.1 Å². The second kappa shape index (κ2) is 26.4. The lowest BCUT2D eigenvalue weighted by Gasteiger charge is -2.41. The number of carbonyl (C=O) groups is 3. The summed E-state index contributed by atoms with van der Waals surface area (Å²) in [5, 5.41) is 15.9. The highest BCUT2D eigenvalue weighted by Gasteiger charge is 2.41. The number of pyridine rings is 1. The second-order valence-corrected chi connectivity index (χ2v) is 17.3. The number of aromatic nitrogens is 4. The molecule has 0 radical (unpaired) electrons. The van der Waals surface area contributed by atoms with Crippen molar-refractivity contribution in [3.05, 3.63) is 90.0 Å². The molecule has 0 spiro atoms. The van der Waals surface area contributed by atoms with Crippen molar-refractivity contribution >= 4 is 23.7 Å². The Morgan fingerprint density at radius 3 is 2.11 bits per heavy atom. The van der Waals surface area contributed by atoms with Crippen molar-refractivity contribution in [2.24, 2.45) is 0 Å². The first kappa shape index (κ1) is 50.4. The number of benzene rings is 2. The smallest absolute Gasteiger partial charge is 0.410 e. The number of hydrogen-bond donors (Lipinski definition) is 3. The first-order valence-electron chi connectivity index (χ1n) is 23.0. The van der Waals surface area contributed by atoms with Gasteiger partial charge in [-0.2, -0.15) is 0 Å². The van der Waals surface area contributed by atoms with E-state index in [1.165, 1.54) is 7.11 Å². The molecular formula is C49H69N7O9. The molecule has 65 heavy (non-hydrogen) atoms. The largest absolute Gasteiger partial charge is 0.494 e. The Morgan fingerprint density at radius 2 is 1.43 bits per heavy atom. The fraction of sp³-hybridized carbons (Fsp3) is 0.551. The minimum Gasteiger partial charge on any atom is -0.494 e. The summed E-state index contributed by atoms with van der Waals surface area (Å²) in [7, 11) is 1.41. The van der Waals surface area contributed by atoms with E-state index in [0.29, 0.717) is 95.8 Å². The first-order chi connectivity index (χ1) is 31.4. The number of methoxy groups -OCH3 is 1. The van der Waals surface area contributed by atoms with Gasteiger partial charge in [-0.25, -0.2) is 4.79 Å². The summed E-state index contributed by atoms with van der Waals surface area (Å²) in [5.74, 6) is 1.64. The zero-order chi connectivity index (χ0) is 46.3. The van der Waals surface area contributed by atoms with Crippen LogP contribution in [0.2, 0.25) is 0 Å². The van der Waals surface area contributed by atoms with Crippen LogP contribution in [0.25, 0.3) is 11.4 Å². The molecule has 1 saturated heterocycles. The summed E-state index contributed by atoms with van der Waals surface area (Å²) in [6, 6.07) is 18.7. The molecule has 0 bridgehead atoms. The minimum atomic E-state index is -0.710. The number of unbranched alkanes of at least 4 members (excludes halogenated alkanes) is 5. The van der Waals surface area contributed by atoms with Crippen molar-refractivity contribution in [2.75, 3.05) is 71.8 Å². The third-order valence-corrected chi connectivity index (χ3v) is 11.0. The molecule has 2 aromatic heterocycles. The highest BCUT2D eigenvalue weighted by Crippen LogP contribution is 2.36. The number of anilines is 1. The fourth-order valence-electron chi connectivity index (χ4n) is 7.33. The quantitative estimate of drug-likeness (QED) is 0.0383. The lowest BCUT2D eigenvalue weighted by Crippen LogP contribution is -2.50. The summed E-state index contributed by atoms with van der Waals surface area (Å²) in [6.45, 7) is 12.6. The number of rotatable bonds is 27. The second-order valence-electron chi connectivity index (χ2n) is 17.3. The van der Waals surface area contributed by atoms with Crippen molar-refractivity contribution in [3.63, 3.8) is 0 Å². The number of nitrogens with zero attached hydrogens (tertiary/aromatic N) is 4. The molecule has 0 aliphatic carbocycles. The minimum absolute atomic E-state index is 0.164. The van der Waals surface area contributed by atoms with Gasteiger partial charge in [0, 0.05) is 61.9 Å². The molecule has 1 aliphatic heterocycles. The molecule has 1 atom stereocenters. The first-order valence-corrected chi connectivity index (χ1v) is 23.0. The average molecular weight is 900 g/mol. The Labute approximate surface area is 383 Å². The summed E-state index contributed by atoms with van der Waals surface area (Å²) < 4.78 is 33.2. The summed E-state index contributed by atoms with van der Waals surface area (Å²) in [5.41, 5.74) is 1.72. The maximum atomic E-state index is 13.7. The topological polar surface area (TPSA) is 188 Å². The fourth-order valence-corrected chi connectivity index (χ4v) is 7.33. The van der Waals surface area contributed by atoms with Crippen LogP contribution < -0.4 is 15.4 Å². The third kappa shape index (κ3) is 17.4. The van der Waals surface area contributed by atoms with Gasteiger partial charge in [-0.1, -0.05) is 31.0 Å². The summed E-state index contributed by atoms with van der Waals surface area (Å²) in [4.78, 5) is 47.0. The summed E-state index contributed by atoms with van der Waals surface area (Å²) >= 11 is 0. The lowest BCUT2D eigenvalue weighted by atomic mass is 9.86. The molecule has 3 N–H and O–H groups in total. The maximum Gasteiger partial charge on any atom is 0.410 e. The van der Waals surface area contributed by atoms with Crippen molar-refractivity contribution in [3.8, 4) is 17.1 Å². The van der Waals surface area contributed by atoms with Crippen molar-refractivity contribution in [2.45, 2.75) is 109 Å². The number of nitrogens with one attached hydrogen (secondary N) is 3. The standard InChI is InChI=1S/C49H69N7O9/c1-37(39-15-14-18-42(36-39)64-30-12-7-6-10-28-61-31-33-63-34-32-62-29-11-8-9-19-43(57)60-5)51-45(58)40-16-13-17-41(35-40)53-49(22-26-56(27-23-49)47(59)65-48(2,3)4)46-52-44(54-55-46)38-20-24-50-25-21-38/h13-18,20-21,24-25,35-37,53H,6-12,19,22-23,26-34H2,1-5H3,(H,51,58)(H,52,54,55)/t37-/m1/s1. The Hall–Kier alpha value is -5.58. The number of likely N-dealkylation sites (tertiary alicyclic amines) is 1. The van der Waals surface area contributed by atoms with E-state index in [-0.39, 0.29) is 24.0 Å². The van der Waals surface area contributed by atoms with E-state index in [0.717, 1.165) is 67.5 Å². The van der Waals surface area contributed by atoms with Gasteiger partial charge in [0.15, 0.2) is 11.6 Å². The predicted octanol–water partition coefficient (Wildman–Crippen LogP) is 8.42. The van der Waals surface area contributed by atoms with Gasteiger partial charge in [0.25, 0.3) is 5.91 Å². The van der Waals surface area contributed by atoms with Gasteiger partial charge >= 0.3 is 12.1 Å². The van der Waals surface area contributed by atoms with Crippen LogP contribution in [-0.4, -0.2) is 115 Å². The molecule has 1 aliphatic rings. The Balaban J connectivity index is 1.02. The van der Waals surface area contributed by atoms with E-state index in [2.05, 4.69) is 35.5 Å². The van der Waals surface area contributed by atoms with Crippen LogP contribution in [0.5, 0.6) is 5.75 Å². The van der Waals surface area contributed by atoms with Crippen LogP contribution in [0, 0.1) is 0 Å². The number of ether oxygens (including phenoxy) is 6. The molecule has 3 heterocycles. The number of esters is 1. The normalized spacial score (nSPS) is 14.1. The van der Waals surface area contributed by atoms with E-state index in [1.54, 1.807) is 23.4 Å². The van der Waals surface area contributed by atoms with Crippen LogP contribution in [0.3, 0.4) is 0 Å². The molecular weight excluding hydrogens is 831 g/mol. The molecule has 4 aromatic rings. The van der Waals surface area contributed by atoms with Crippen LogP contribution >= 0.6 is 0 Å². The van der Waals surface area contributed by atoms with Crippen molar-refractivity contribution in [1.29, 1.82) is 0 Å². The van der Waals surface area contributed by atoms with Gasteiger partial charge in [-0.3, -0.25) is 14.6 Å². The molecule has 0 unspecified atom stereocenters. The van der Waals surface area contributed by atoms with Gasteiger partial charge < -0.3 is 48.9 Å². The Bertz CT molecular complexity index is 2030. The highest BCUT2D eigenvalue weighted by atomic mass is 16.6. The highest BCUT2D eigenvalue weighted by molar-refractivity contribution is 5.95. The van der Waals surface area contributed by atoms with Crippen LogP contribution in [-0.2, 0) is 34.0 Å². The van der Waals surface area contributed by atoms with Gasteiger partial charge in [-0.05, 0) is 121 Å². The number of piperidine rings is 1. The van der Waals surface area contributed by atoms with E-state index < -0.39 is 11.1 Å². The van der Waals surface area contributed by atoms with Crippen molar-refractivity contribution in [1.82, 2.24) is 30.4 Å². The molecule has 5 rings (SSSR count). The average Bonchev–Trinajstić information content (AvgIpc) is 3.81. The molecule has 354 valence electrons. The van der Waals surface area contributed by atoms with Crippen LogP contribution in [0.4, 0.5) is 10.5 Å². The number of carbonyl (C=O) groups excluding carboxylic acids is 3. The van der Waals surface area contributed by atoms with Gasteiger partial charge in [-0.15, -0.1) is 10.2 Å². The van der Waals surface area contributed by atoms with E-state index in [1.807, 2.05) is 82.3 Å². The molecule has 1 fully saturated rings. The van der Waals surface area contributed by atoms with E-state index in [9.17, 15) is 14.4 Å². The number of H-pyrrole nitrogens is 1. The van der Waals surface area contributed by atoms with Crippen LogP contribution in [0.1, 0.15) is 120 Å². The molecule has 16 heteroatoms. The monoisotopic (exact) mass is 900 g/mol. The zero-order valence-corrected chi connectivity index (χ0v) is 38.9. The Kier molecular flexibility index (Phi) is 20.5. The number of aromatic amines is 1. The lowest BCUT2D eigenvalue weighted by molar-refractivity contribution is -0.140. The third-order valence-electron chi connectivity index (χ3n) is 11.0.